The lowest BCUT2D eigenvalue weighted by Crippen LogP contribution is -2.27. The molecule has 0 saturated heterocycles. The highest BCUT2D eigenvalue weighted by atomic mass is 15.2. The van der Waals surface area contributed by atoms with Gasteiger partial charge in [0.2, 0.25) is 0 Å². The van der Waals surface area contributed by atoms with E-state index in [1.165, 1.54) is 55.4 Å². The summed E-state index contributed by atoms with van der Waals surface area (Å²) in [5.41, 5.74) is 18.3. The third-order valence-electron chi connectivity index (χ3n) is 11.8. The number of hydrogen-bond donors (Lipinski definition) is 0. The minimum atomic E-state index is -0.176. The highest BCUT2D eigenvalue weighted by Crippen LogP contribution is 2.49. The first-order valence-corrected chi connectivity index (χ1v) is 16.8. The second-order valence-corrected chi connectivity index (χ2v) is 14.8. The number of aromatic nitrogens is 6. The molecule has 0 unspecified atom stereocenters. The van der Waals surface area contributed by atoms with Gasteiger partial charge < -0.3 is 9.13 Å². The Morgan fingerprint density at radius 3 is 1.29 bits per heavy atom. The highest BCUT2D eigenvalue weighted by molar-refractivity contribution is 6.15. The average Bonchev–Trinajstić information content (AvgIpc) is 3.68. The summed E-state index contributed by atoms with van der Waals surface area (Å²) in [5.74, 6) is 0. The van der Waals surface area contributed by atoms with Crippen LogP contribution < -0.4 is 0 Å². The minimum absolute atomic E-state index is 0.176. The molecule has 5 aromatic carbocycles. The van der Waals surface area contributed by atoms with Gasteiger partial charge in [-0.05, 0) is 46.5 Å². The Labute approximate surface area is 275 Å². The Morgan fingerprint density at radius 2 is 0.833 bits per heavy atom. The Hall–Kier alpha value is -5.88. The number of rotatable bonds is 0. The van der Waals surface area contributed by atoms with Crippen molar-refractivity contribution in [3.63, 3.8) is 0 Å². The number of imidazole rings is 2. The van der Waals surface area contributed by atoms with Gasteiger partial charge in [0.05, 0.1) is 67.9 Å². The number of fused-ring (bicyclic) bond motifs is 9. The van der Waals surface area contributed by atoms with E-state index in [1.54, 1.807) is 0 Å². The van der Waals surface area contributed by atoms with Crippen LogP contribution >= 0.6 is 0 Å². The van der Waals surface area contributed by atoms with E-state index in [-0.39, 0.29) is 10.8 Å². The number of para-hydroxylation sites is 4. The summed E-state index contributed by atoms with van der Waals surface area (Å²) in [4.78, 5) is 10.3. The molecule has 0 radical (unpaired) electrons. The lowest BCUT2D eigenvalue weighted by molar-refractivity contribution is 0.629. The first kappa shape index (κ1) is 25.2. The molecule has 6 heteroatoms. The van der Waals surface area contributed by atoms with Crippen molar-refractivity contribution in [3.8, 4) is 11.4 Å². The van der Waals surface area contributed by atoms with Crippen molar-refractivity contribution in [1.82, 2.24) is 27.9 Å². The van der Waals surface area contributed by atoms with Gasteiger partial charge in [0.25, 0.3) is 0 Å². The van der Waals surface area contributed by atoms with Crippen molar-refractivity contribution in [1.29, 1.82) is 0 Å². The molecule has 7 heterocycles. The molecule has 2 aliphatic rings. The third kappa shape index (κ3) is 2.55. The smallest absolute Gasteiger partial charge is 0.182 e. The van der Waals surface area contributed by atoms with Gasteiger partial charge in [-0.25, -0.2) is 9.97 Å². The number of nitrogens with zero attached hydrogens (tertiary/aromatic N) is 6. The van der Waals surface area contributed by atoms with Crippen LogP contribution in [0.15, 0.2) is 109 Å². The van der Waals surface area contributed by atoms with Crippen LogP contribution in [0.3, 0.4) is 0 Å². The summed E-state index contributed by atoms with van der Waals surface area (Å²) < 4.78 is 9.83. The summed E-state index contributed by atoms with van der Waals surface area (Å²) in [5, 5.41) is 2.37. The van der Waals surface area contributed by atoms with Crippen molar-refractivity contribution < 1.29 is 0 Å². The molecule has 2 aliphatic heterocycles. The molecule has 0 spiro atoms. The molecule has 0 aliphatic carbocycles. The van der Waals surface area contributed by atoms with Gasteiger partial charge in [-0.2, -0.15) is 0 Å². The Morgan fingerprint density at radius 1 is 0.417 bits per heavy atom. The van der Waals surface area contributed by atoms with Crippen molar-refractivity contribution in [2.75, 3.05) is 0 Å². The van der Waals surface area contributed by atoms with Crippen molar-refractivity contribution in [2.45, 2.75) is 38.5 Å². The molecule has 0 atom stereocenters. The Balaban J connectivity index is 1.47. The fourth-order valence-corrected chi connectivity index (χ4v) is 9.63. The van der Waals surface area contributed by atoms with E-state index in [9.17, 15) is 0 Å². The number of benzene rings is 5. The van der Waals surface area contributed by atoms with Gasteiger partial charge in [0, 0.05) is 21.6 Å². The topological polar surface area (TPSA) is 44.5 Å². The molecule has 0 bridgehead atoms. The quantitative estimate of drug-likeness (QED) is 0.170. The zero-order chi connectivity index (χ0) is 31.8. The molecule has 0 N–H and O–H groups in total. The van der Waals surface area contributed by atoms with Crippen LogP contribution in [0.5, 0.6) is 0 Å². The molecular formula is C42H30N6. The molecule has 6 nitrogen and oxygen atoms in total. The van der Waals surface area contributed by atoms with Gasteiger partial charge in [-0.3, -0.25) is 8.80 Å². The van der Waals surface area contributed by atoms with Crippen LogP contribution in [0.25, 0.3) is 77.6 Å². The van der Waals surface area contributed by atoms with Gasteiger partial charge in [0.15, 0.2) is 11.3 Å². The molecule has 0 amide bonds. The zero-order valence-electron chi connectivity index (χ0n) is 27.1. The largest absolute Gasteiger partial charge is 0.307 e. The number of hydrogen-bond acceptors (Lipinski definition) is 2. The lowest BCUT2D eigenvalue weighted by Gasteiger charge is -2.36. The minimum Gasteiger partial charge on any atom is -0.307 e. The summed E-state index contributed by atoms with van der Waals surface area (Å²) in [6.45, 7) is 9.42. The SMILES string of the molecule is CC1(C)c2ccccc2-n2c3ccc4c5c3n3c(cnc3c3ncc(c6cccc7c6n4-c4ccccc4C7(C)C)n35)c3cccc1c32. The molecule has 10 aromatic rings. The van der Waals surface area contributed by atoms with Gasteiger partial charge >= 0.3 is 0 Å². The zero-order valence-corrected chi connectivity index (χ0v) is 27.1. The van der Waals surface area contributed by atoms with E-state index < -0.39 is 0 Å². The van der Waals surface area contributed by atoms with Crippen molar-refractivity contribution in [2.24, 2.45) is 0 Å². The average molecular weight is 619 g/mol. The van der Waals surface area contributed by atoms with Crippen LogP contribution in [0.2, 0.25) is 0 Å². The van der Waals surface area contributed by atoms with Gasteiger partial charge in [0.1, 0.15) is 0 Å². The summed E-state index contributed by atoms with van der Waals surface area (Å²) in [6.07, 6.45) is 4.12. The first-order valence-electron chi connectivity index (χ1n) is 16.8. The van der Waals surface area contributed by atoms with E-state index in [4.69, 9.17) is 9.97 Å². The van der Waals surface area contributed by atoms with Gasteiger partial charge in [-0.15, -0.1) is 0 Å². The predicted octanol–water partition coefficient (Wildman–Crippen LogP) is 9.61. The van der Waals surface area contributed by atoms with Crippen LogP contribution in [0.4, 0.5) is 0 Å². The maximum absolute atomic E-state index is 5.15. The van der Waals surface area contributed by atoms with Crippen LogP contribution in [-0.4, -0.2) is 27.9 Å². The fraction of sp³-hybridized carbons (Fsp3) is 0.143. The van der Waals surface area contributed by atoms with Crippen molar-refractivity contribution >= 4 is 66.2 Å². The van der Waals surface area contributed by atoms with Crippen LogP contribution in [-0.2, 0) is 10.8 Å². The Kier molecular flexibility index (Phi) is 4.10. The maximum Gasteiger partial charge on any atom is 0.182 e. The molecular weight excluding hydrogens is 589 g/mol. The highest BCUT2D eigenvalue weighted by Gasteiger charge is 2.37. The van der Waals surface area contributed by atoms with E-state index >= 15 is 0 Å². The molecule has 0 saturated carbocycles. The molecule has 48 heavy (non-hydrogen) atoms. The second kappa shape index (κ2) is 7.80. The molecule has 5 aromatic heterocycles. The maximum atomic E-state index is 5.15. The monoisotopic (exact) mass is 618 g/mol. The summed E-state index contributed by atoms with van der Waals surface area (Å²) in [6, 6.07) is 36.1. The molecule has 12 rings (SSSR count). The second-order valence-electron chi connectivity index (χ2n) is 14.8. The van der Waals surface area contributed by atoms with E-state index in [2.05, 4.69) is 155 Å². The third-order valence-corrected chi connectivity index (χ3v) is 11.8. The van der Waals surface area contributed by atoms with Crippen LogP contribution in [0.1, 0.15) is 49.9 Å². The van der Waals surface area contributed by atoms with E-state index in [0.29, 0.717) is 0 Å². The van der Waals surface area contributed by atoms with Crippen LogP contribution in [0, 0.1) is 0 Å². The van der Waals surface area contributed by atoms with Gasteiger partial charge in [-0.1, -0.05) is 100 Å². The molecule has 228 valence electrons. The Bertz CT molecular complexity index is 2910. The summed E-state index contributed by atoms with van der Waals surface area (Å²) >= 11 is 0. The first-order chi connectivity index (χ1) is 23.4. The molecule has 0 fully saturated rings. The normalized spacial score (nSPS) is 15.8. The van der Waals surface area contributed by atoms with Crippen molar-refractivity contribution in [3.05, 3.63) is 132 Å². The van der Waals surface area contributed by atoms with E-state index in [1.807, 2.05) is 0 Å². The van der Waals surface area contributed by atoms with E-state index in [0.717, 1.165) is 44.4 Å². The lowest BCUT2D eigenvalue weighted by atomic mass is 9.74. The summed E-state index contributed by atoms with van der Waals surface area (Å²) in [7, 11) is 0. The standard InChI is InChI=1S/C42H30N6/c1-41(2)25-13-5-7-17-29(25)45-31-19-20-32-38-37(31)47-33(23-11-9-15-27(41)35(23)45)21-43-39(47)40-44-22-34(48(38)40)24-12-10-16-28-36(24)46(32)30-18-8-6-14-26(30)42(28,3)4/h5-22H,1-4H3. The predicted molar refractivity (Wildman–Crippen MR) is 194 cm³/mol. The fourth-order valence-electron chi connectivity index (χ4n) is 9.63.